The minimum absolute atomic E-state index is 0.00259. The Kier molecular flexibility index (Phi) is 4.98. The van der Waals surface area contributed by atoms with Gasteiger partial charge in [-0.2, -0.15) is 0 Å². The lowest BCUT2D eigenvalue weighted by molar-refractivity contribution is 0.598. The second-order valence-corrected chi connectivity index (χ2v) is 5.75. The van der Waals surface area contributed by atoms with E-state index < -0.39 is 10.0 Å². The average Bonchev–Trinajstić information content (AvgIpc) is 2.27. The average molecular weight is 271 g/mol. The van der Waals surface area contributed by atoms with Gasteiger partial charge in [0, 0.05) is 13.1 Å². The van der Waals surface area contributed by atoms with Gasteiger partial charge < -0.3 is 10.6 Å². The van der Waals surface area contributed by atoms with Gasteiger partial charge in [-0.1, -0.05) is 19.9 Å². The number of nitrogen functional groups attached to an aromatic ring is 1. The van der Waals surface area contributed by atoms with E-state index in [2.05, 4.69) is 18.7 Å². The summed E-state index contributed by atoms with van der Waals surface area (Å²) in [5.74, 6) is 0. The highest BCUT2D eigenvalue weighted by Crippen LogP contribution is 2.29. The lowest BCUT2D eigenvalue weighted by Gasteiger charge is -2.25. The Hall–Kier alpha value is -1.27. The quantitative estimate of drug-likeness (QED) is 0.768. The number of hydrogen-bond acceptors (Lipinski definition) is 4. The maximum absolute atomic E-state index is 11.4. The van der Waals surface area contributed by atoms with Crippen LogP contribution in [0.4, 0.5) is 11.4 Å². The van der Waals surface area contributed by atoms with Crippen molar-refractivity contribution in [1.29, 1.82) is 0 Å². The Morgan fingerprint density at radius 3 is 2.17 bits per heavy atom. The van der Waals surface area contributed by atoms with Crippen LogP contribution in [0, 0.1) is 0 Å². The summed E-state index contributed by atoms with van der Waals surface area (Å²) in [4.78, 5) is 2.08. The standard InChI is InChI=1S/C12H21N3O2S/c1-3-8-15(9-4-2)10-6-5-7-11(12(10)13)18(14,16)17/h5-7H,3-4,8-9,13H2,1-2H3,(H2,14,16,17). The Morgan fingerprint density at radius 2 is 1.72 bits per heavy atom. The molecule has 18 heavy (non-hydrogen) atoms. The molecule has 0 amide bonds. The van der Waals surface area contributed by atoms with Crippen molar-refractivity contribution in [3.63, 3.8) is 0 Å². The molecule has 1 rings (SSSR count). The van der Waals surface area contributed by atoms with E-state index in [-0.39, 0.29) is 10.6 Å². The van der Waals surface area contributed by atoms with Gasteiger partial charge in [-0.15, -0.1) is 0 Å². The molecule has 1 aromatic rings. The molecule has 0 fully saturated rings. The van der Waals surface area contributed by atoms with Crippen LogP contribution in [0.3, 0.4) is 0 Å². The third-order valence-electron chi connectivity index (χ3n) is 2.68. The van der Waals surface area contributed by atoms with Crippen LogP contribution in [0.25, 0.3) is 0 Å². The number of primary sulfonamides is 1. The number of hydrogen-bond donors (Lipinski definition) is 2. The second-order valence-electron chi connectivity index (χ2n) is 4.22. The predicted octanol–water partition coefficient (Wildman–Crippen LogP) is 1.54. The smallest absolute Gasteiger partial charge is 0.240 e. The van der Waals surface area contributed by atoms with Gasteiger partial charge in [0.2, 0.25) is 10.0 Å². The summed E-state index contributed by atoms with van der Waals surface area (Å²) in [7, 11) is -3.77. The minimum atomic E-state index is -3.77. The summed E-state index contributed by atoms with van der Waals surface area (Å²) in [6, 6.07) is 4.93. The molecule has 0 saturated heterocycles. The third-order valence-corrected chi connectivity index (χ3v) is 3.65. The van der Waals surface area contributed by atoms with Gasteiger partial charge in [0.05, 0.1) is 11.4 Å². The predicted molar refractivity (Wildman–Crippen MR) is 75.0 cm³/mol. The lowest BCUT2D eigenvalue weighted by Crippen LogP contribution is -2.26. The van der Waals surface area contributed by atoms with Crippen LogP contribution in [-0.2, 0) is 10.0 Å². The molecule has 0 aliphatic rings. The van der Waals surface area contributed by atoms with Crippen molar-refractivity contribution in [3.8, 4) is 0 Å². The van der Waals surface area contributed by atoms with E-state index in [1.807, 2.05) is 6.07 Å². The normalized spacial score (nSPS) is 11.5. The van der Waals surface area contributed by atoms with E-state index >= 15 is 0 Å². The first-order chi connectivity index (χ1) is 8.41. The lowest BCUT2D eigenvalue weighted by atomic mass is 10.2. The van der Waals surface area contributed by atoms with Gasteiger partial charge >= 0.3 is 0 Å². The van der Waals surface area contributed by atoms with E-state index in [0.29, 0.717) is 0 Å². The molecule has 5 nitrogen and oxygen atoms in total. The van der Waals surface area contributed by atoms with Crippen molar-refractivity contribution in [1.82, 2.24) is 0 Å². The zero-order valence-electron chi connectivity index (χ0n) is 10.9. The topological polar surface area (TPSA) is 89.4 Å². The summed E-state index contributed by atoms with van der Waals surface area (Å²) in [5, 5.41) is 5.15. The van der Waals surface area contributed by atoms with Crippen molar-refractivity contribution in [2.75, 3.05) is 23.7 Å². The molecular formula is C12H21N3O2S. The number of nitrogens with zero attached hydrogens (tertiary/aromatic N) is 1. The molecule has 1 aromatic carbocycles. The van der Waals surface area contributed by atoms with Crippen molar-refractivity contribution in [2.24, 2.45) is 5.14 Å². The van der Waals surface area contributed by atoms with E-state index in [1.54, 1.807) is 6.07 Å². The molecule has 0 aliphatic carbocycles. The van der Waals surface area contributed by atoms with Gasteiger partial charge in [-0.05, 0) is 25.0 Å². The fourth-order valence-electron chi connectivity index (χ4n) is 1.95. The van der Waals surface area contributed by atoms with Gasteiger partial charge in [0.15, 0.2) is 0 Å². The second kappa shape index (κ2) is 6.06. The maximum atomic E-state index is 11.4. The van der Waals surface area contributed by atoms with Crippen LogP contribution < -0.4 is 15.8 Å². The molecule has 102 valence electrons. The largest absolute Gasteiger partial charge is 0.396 e. The Bertz CT molecular complexity index is 494. The Morgan fingerprint density at radius 1 is 1.17 bits per heavy atom. The molecule has 0 heterocycles. The van der Waals surface area contributed by atoms with Gasteiger partial charge in [-0.25, -0.2) is 13.6 Å². The summed E-state index contributed by atoms with van der Waals surface area (Å²) >= 11 is 0. The molecule has 0 bridgehead atoms. The highest BCUT2D eigenvalue weighted by Gasteiger charge is 2.17. The molecule has 6 heteroatoms. The number of rotatable bonds is 6. The van der Waals surface area contributed by atoms with Crippen LogP contribution in [-0.4, -0.2) is 21.5 Å². The van der Waals surface area contributed by atoms with Crippen molar-refractivity contribution in [2.45, 2.75) is 31.6 Å². The Labute approximate surface area is 109 Å². The summed E-state index contributed by atoms with van der Waals surface area (Å²) in [5.41, 5.74) is 6.91. The third kappa shape index (κ3) is 3.36. The van der Waals surface area contributed by atoms with E-state index in [4.69, 9.17) is 10.9 Å². The number of nitrogens with two attached hydrogens (primary N) is 2. The van der Waals surface area contributed by atoms with Crippen LogP contribution >= 0.6 is 0 Å². The summed E-state index contributed by atoms with van der Waals surface area (Å²) in [6.45, 7) is 5.82. The number of anilines is 2. The maximum Gasteiger partial charge on any atom is 0.240 e. The van der Waals surface area contributed by atoms with Crippen LogP contribution in [0.5, 0.6) is 0 Å². The summed E-state index contributed by atoms with van der Waals surface area (Å²) < 4.78 is 22.8. The zero-order chi connectivity index (χ0) is 13.8. The fraction of sp³-hybridized carbons (Fsp3) is 0.500. The zero-order valence-corrected chi connectivity index (χ0v) is 11.7. The van der Waals surface area contributed by atoms with Crippen molar-refractivity contribution >= 4 is 21.4 Å². The fourth-order valence-corrected chi connectivity index (χ4v) is 2.63. The Balaban J connectivity index is 3.24. The van der Waals surface area contributed by atoms with Gasteiger partial charge in [0.1, 0.15) is 4.90 Å². The van der Waals surface area contributed by atoms with Crippen LogP contribution in [0.2, 0.25) is 0 Å². The van der Waals surface area contributed by atoms with Gasteiger partial charge in [0.25, 0.3) is 0 Å². The molecule has 0 unspecified atom stereocenters. The van der Waals surface area contributed by atoms with Crippen LogP contribution in [0.15, 0.2) is 23.1 Å². The molecule has 0 radical (unpaired) electrons. The monoisotopic (exact) mass is 271 g/mol. The van der Waals surface area contributed by atoms with Crippen molar-refractivity contribution in [3.05, 3.63) is 18.2 Å². The van der Waals surface area contributed by atoms with Gasteiger partial charge in [-0.3, -0.25) is 0 Å². The highest BCUT2D eigenvalue weighted by atomic mass is 32.2. The highest BCUT2D eigenvalue weighted by molar-refractivity contribution is 7.89. The minimum Gasteiger partial charge on any atom is -0.396 e. The molecule has 0 saturated carbocycles. The molecule has 0 spiro atoms. The van der Waals surface area contributed by atoms with E-state index in [9.17, 15) is 8.42 Å². The SMILES string of the molecule is CCCN(CCC)c1cccc(S(N)(=O)=O)c1N. The molecule has 4 N–H and O–H groups in total. The first kappa shape index (κ1) is 14.8. The number of benzene rings is 1. The number of para-hydroxylation sites is 1. The molecular weight excluding hydrogens is 250 g/mol. The van der Waals surface area contributed by atoms with Crippen LogP contribution in [0.1, 0.15) is 26.7 Å². The molecule has 0 aliphatic heterocycles. The first-order valence-corrected chi connectivity index (χ1v) is 7.62. The van der Waals surface area contributed by atoms with Crippen molar-refractivity contribution < 1.29 is 8.42 Å². The molecule has 0 atom stereocenters. The molecule has 0 aromatic heterocycles. The van der Waals surface area contributed by atoms with E-state index in [1.165, 1.54) is 6.07 Å². The van der Waals surface area contributed by atoms with E-state index in [0.717, 1.165) is 31.6 Å². The summed E-state index contributed by atoms with van der Waals surface area (Å²) in [6.07, 6.45) is 1.94. The first-order valence-electron chi connectivity index (χ1n) is 6.08. The number of sulfonamides is 1.